The molecule has 3 unspecified atom stereocenters. The van der Waals surface area contributed by atoms with Gasteiger partial charge < -0.3 is 14.8 Å². The molecule has 102 valence electrons. The standard InChI is InChI=1S/C14H19N3O2/c1-9-12-7-15-6-11(12)8-17(9)14(19)10-3-4-16(2)13(18)5-10/h3-5,9,11-12,15H,6-8H2,1-2H3. The molecule has 0 bridgehead atoms. The first-order valence-electron chi connectivity index (χ1n) is 6.76. The Hall–Kier alpha value is -1.62. The van der Waals surface area contributed by atoms with E-state index in [-0.39, 0.29) is 17.5 Å². The molecule has 3 rings (SSSR count). The number of rotatable bonds is 1. The third-order valence-electron chi connectivity index (χ3n) is 4.55. The smallest absolute Gasteiger partial charge is 0.254 e. The summed E-state index contributed by atoms with van der Waals surface area (Å²) in [5.41, 5.74) is 0.363. The lowest BCUT2D eigenvalue weighted by atomic mass is 9.95. The van der Waals surface area contributed by atoms with Gasteiger partial charge in [0.1, 0.15) is 0 Å². The molecule has 1 aromatic heterocycles. The van der Waals surface area contributed by atoms with Gasteiger partial charge in [-0.25, -0.2) is 0 Å². The maximum atomic E-state index is 12.5. The number of nitrogens with zero attached hydrogens (tertiary/aromatic N) is 2. The monoisotopic (exact) mass is 261 g/mol. The quantitative estimate of drug-likeness (QED) is 0.778. The van der Waals surface area contributed by atoms with Crippen LogP contribution in [0.1, 0.15) is 17.3 Å². The lowest BCUT2D eigenvalue weighted by molar-refractivity contribution is 0.0728. The van der Waals surface area contributed by atoms with E-state index in [2.05, 4.69) is 12.2 Å². The van der Waals surface area contributed by atoms with Gasteiger partial charge in [-0.05, 0) is 24.8 Å². The summed E-state index contributed by atoms with van der Waals surface area (Å²) in [6.07, 6.45) is 1.65. The third kappa shape index (κ3) is 1.98. The van der Waals surface area contributed by atoms with Gasteiger partial charge in [-0.3, -0.25) is 9.59 Å². The summed E-state index contributed by atoms with van der Waals surface area (Å²) in [6, 6.07) is 3.40. The molecule has 5 nitrogen and oxygen atoms in total. The number of aromatic nitrogens is 1. The van der Waals surface area contributed by atoms with Crippen molar-refractivity contribution in [1.29, 1.82) is 0 Å². The first-order valence-corrected chi connectivity index (χ1v) is 6.76. The van der Waals surface area contributed by atoms with E-state index in [1.54, 1.807) is 19.3 Å². The van der Waals surface area contributed by atoms with Crippen LogP contribution in [0, 0.1) is 11.8 Å². The molecule has 2 aliphatic rings. The van der Waals surface area contributed by atoms with E-state index in [1.807, 2.05) is 4.90 Å². The molecule has 3 atom stereocenters. The highest BCUT2D eigenvalue weighted by atomic mass is 16.2. The van der Waals surface area contributed by atoms with Crippen LogP contribution in [0.2, 0.25) is 0 Å². The predicted molar refractivity (Wildman–Crippen MR) is 72.0 cm³/mol. The number of amides is 1. The average molecular weight is 261 g/mol. The maximum absolute atomic E-state index is 12.5. The Bertz CT molecular complexity index is 566. The van der Waals surface area contributed by atoms with Gasteiger partial charge in [-0.2, -0.15) is 0 Å². The molecule has 0 saturated carbocycles. The third-order valence-corrected chi connectivity index (χ3v) is 4.55. The van der Waals surface area contributed by atoms with E-state index in [1.165, 1.54) is 10.6 Å². The molecule has 2 aliphatic heterocycles. The van der Waals surface area contributed by atoms with Gasteiger partial charge in [-0.1, -0.05) is 0 Å². The fourth-order valence-corrected chi connectivity index (χ4v) is 3.28. The fourth-order valence-electron chi connectivity index (χ4n) is 3.28. The molecule has 0 aliphatic carbocycles. The Morgan fingerprint density at radius 3 is 2.89 bits per heavy atom. The number of carbonyl (C=O) groups excluding carboxylic acids is 1. The molecule has 0 spiro atoms. The van der Waals surface area contributed by atoms with Crippen LogP contribution in [-0.4, -0.2) is 41.1 Å². The molecular formula is C14H19N3O2. The van der Waals surface area contributed by atoms with Gasteiger partial charge in [0.25, 0.3) is 11.5 Å². The van der Waals surface area contributed by atoms with Crippen molar-refractivity contribution in [3.8, 4) is 0 Å². The molecule has 5 heteroatoms. The number of nitrogens with one attached hydrogen (secondary N) is 1. The van der Waals surface area contributed by atoms with Gasteiger partial charge in [0.05, 0.1) is 0 Å². The molecule has 1 amide bonds. The Balaban J connectivity index is 1.84. The Kier molecular flexibility index (Phi) is 2.93. The summed E-state index contributed by atoms with van der Waals surface area (Å²) in [5.74, 6) is 1.10. The highest BCUT2D eigenvalue weighted by Gasteiger charge is 2.43. The summed E-state index contributed by atoms with van der Waals surface area (Å²) in [5, 5.41) is 3.38. The zero-order valence-electron chi connectivity index (χ0n) is 11.3. The van der Waals surface area contributed by atoms with E-state index < -0.39 is 0 Å². The van der Waals surface area contributed by atoms with E-state index >= 15 is 0 Å². The van der Waals surface area contributed by atoms with Crippen molar-refractivity contribution in [2.45, 2.75) is 13.0 Å². The summed E-state index contributed by atoms with van der Waals surface area (Å²) < 4.78 is 1.48. The van der Waals surface area contributed by atoms with Crippen LogP contribution in [0.3, 0.4) is 0 Å². The Morgan fingerprint density at radius 1 is 1.42 bits per heavy atom. The molecule has 19 heavy (non-hydrogen) atoms. The minimum Gasteiger partial charge on any atom is -0.335 e. The zero-order chi connectivity index (χ0) is 13.6. The molecule has 1 aromatic rings. The van der Waals surface area contributed by atoms with Crippen LogP contribution in [0.25, 0.3) is 0 Å². The molecule has 2 saturated heterocycles. The van der Waals surface area contributed by atoms with Crippen LogP contribution in [0.15, 0.2) is 23.1 Å². The number of pyridine rings is 1. The van der Waals surface area contributed by atoms with Crippen molar-refractivity contribution in [3.05, 3.63) is 34.2 Å². The summed E-state index contributed by atoms with van der Waals surface area (Å²) in [6.45, 7) is 4.89. The van der Waals surface area contributed by atoms with Gasteiger partial charge in [0.2, 0.25) is 0 Å². The normalized spacial score (nSPS) is 29.6. The highest BCUT2D eigenvalue weighted by molar-refractivity contribution is 5.94. The Labute approximate surface area is 112 Å². The fraction of sp³-hybridized carbons (Fsp3) is 0.571. The van der Waals surface area contributed by atoms with Gasteiger partial charge in [-0.15, -0.1) is 0 Å². The largest absolute Gasteiger partial charge is 0.335 e. The molecule has 0 aromatic carbocycles. The van der Waals surface area contributed by atoms with E-state index in [9.17, 15) is 9.59 Å². The SMILES string of the molecule is CC1C2CNCC2CN1C(=O)c1ccn(C)c(=O)c1. The second-order valence-electron chi connectivity index (χ2n) is 5.64. The van der Waals surface area contributed by atoms with Gasteiger partial charge in [0.15, 0.2) is 0 Å². The number of hydrogen-bond donors (Lipinski definition) is 1. The maximum Gasteiger partial charge on any atom is 0.254 e. The second-order valence-corrected chi connectivity index (χ2v) is 5.64. The number of aryl methyl sites for hydroxylation is 1. The second kappa shape index (κ2) is 4.49. The summed E-state index contributed by atoms with van der Waals surface area (Å²) in [4.78, 5) is 26.0. The van der Waals surface area contributed by atoms with Crippen molar-refractivity contribution in [2.24, 2.45) is 18.9 Å². The average Bonchev–Trinajstić information content (AvgIpc) is 2.95. The Morgan fingerprint density at radius 2 is 2.21 bits per heavy atom. The predicted octanol–water partition coefficient (Wildman–Crippen LogP) is 0.0652. The highest BCUT2D eigenvalue weighted by Crippen LogP contribution is 2.33. The van der Waals surface area contributed by atoms with Crippen LogP contribution in [-0.2, 0) is 7.05 Å². The van der Waals surface area contributed by atoms with Crippen molar-refractivity contribution in [2.75, 3.05) is 19.6 Å². The number of carbonyl (C=O) groups is 1. The lowest BCUT2D eigenvalue weighted by Gasteiger charge is -2.24. The zero-order valence-corrected chi connectivity index (χ0v) is 11.3. The van der Waals surface area contributed by atoms with E-state index in [4.69, 9.17) is 0 Å². The molecule has 3 heterocycles. The minimum absolute atomic E-state index is 0.0143. The number of fused-ring (bicyclic) bond motifs is 1. The molecular weight excluding hydrogens is 242 g/mol. The van der Waals surface area contributed by atoms with Crippen molar-refractivity contribution >= 4 is 5.91 Å². The number of hydrogen-bond acceptors (Lipinski definition) is 3. The first kappa shape index (κ1) is 12.4. The van der Waals surface area contributed by atoms with Crippen LogP contribution in [0.4, 0.5) is 0 Å². The number of likely N-dealkylation sites (tertiary alicyclic amines) is 1. The molecule has 0 radical (unpaired) electrons. The first-order chi connectivity index (χ1) is 9.08. The van der Waals surface area contributed by atoms with Gasteiger partial charge in [0, 0.05) is 50.6 Å². The van der Waals surface area contributed by atoms with Crippen molar-refractivity contribution < 1.29 is 4.79 Å². The van der Waals surface area contributed by atoms with Crippen LogP contribution < -0.4 is 10.9 Å². The molecule has 1 N–H and O–H groups in total. The summed E-state index contributed by atoms with van der Waals surface area (Å²) >= 11 is 0. The van der Waals surface area contributed by atoms with Crippen molar-refractivity contribution in [1.82, 2.24) is 14.8 Å². The molecule has 2 fully saturated rings. The topological polar surface area (TPSA) is 54.3 Å². The minimum atomic E-state index is -0.139. The van der Waals surface area contributed by atoms with Crippen molar-refractivity contribution in [3.63, 3.8) is 0 Å². The van der Waals surface area contributed by atoms with Gasteiger partial charge >= 0.3 is 0 Å². The van der Waals surface area contributed by atoms with Crippen LogP contribution in [0.5, 0.6) is 0 Å². The van der Waals surface area contributed by atoms with E-state index in [0.29, 0.717) is 17.4 Å². The lowest BCUT2D eigenvalue weighted by Crippen LogP contribution is -2.38. The summed E-state index contributed by atoms with van der Waals surface area (Å²) in [7, 11) is 1.69. The van der Waals surface area contributed by atoms with E-state index in [0.717, 1.165) is 19.6 Å². The van der Waals surface area contributed by atoms with Crippen LogP contribution >= 0.6 is 0 Å².